The fourth-order valence-electron chi connectivity index (χ4n) is 10.7. The molecule has 2 aliphatic heterocycles. The van der Waals surface area contributed by atoms with Gasteiger partial charge in [-0.1, -0.05) is 56.4 Å². The van der Waals surface area contributed by atoms with E-state index in [1.807, 2.05) is 0 Å². The molecule has 4 bridgehead atoms. The zero-order valence-corrected chi connectivity index (χ0v) is 44.9. The van der Waals surface area contributed by atoms with Gasteiger partial charge in [0.25, 0.3) is 5.91 Å². The monoisotopic (exact) mass is 1160 g/mol. The average Bonchev–Trinajstić information content (AvgIpc) is 3.90. The van der Waals surface area contributed by atoms with Gasteiger partial charge in [-0.25, -0.2) is 21.6 Å². The quantitative estimate of drug-likeness (QED) is 0.231. The molecule has 0 radical (unpaired) electrons. The number of ether oxygens (including phenoxy) is 2. The summed E-state index contributed by atoms with van der Waals surface area (Å²) >= 11 is 6.51. The van der Waals surface area contributed by atoms with E-state index in [4.69, 9.17) is 20.3 Å². The van der Waals surface area contributed by atoms with Crippen molar-refractivity contribution >= 4 is 113 Å². The van der Waals surface area contributed by atoms with Crippen LogP contribution in [0, 0.1) is 33.5 Å². The van der Waals surface area contributed by atoms with E-state index < -0.39 is 26.0 Å². The summed E-state index contributed by atoms with van der Waals surface area (Å²) in [5.74, 6) is 0.163. The molecule has 2 heterocycles. The van der Waals surface area contributed by atoms with Crippen LogP contribution < -0.4 is 11.1 Å². The topological polar surface area (TPSA) is 186 Å². The summed E-state index contributed by atoms with van der Waals surface area (Å²) in [5.41, 5.74) is 7.59. The molecule has 2 aromatic rings. The van der Waals surface area contributed by atoms with E-state index >= 15 is 0 Å². The minimum atomic E-state index is -3.71. The second kappa shape index (κ2) is 21.3. The van der Waals surface area contributed by atoms with Crippen molar-refractivity contribution in [1.82, 2.24) is 13.9 Å². The molecule has 4 N–H and O–H groups in total. The molecule has 0 spiro atoms. The largest absolute Gasteiger partial charge is 2.00 e. The summed E-state index contributed by atoms with van der Waals surface area (Å²) in [6, 6.07) is 9.29. The first-order chi connectivity index (χ1) is 27.4. The molecule has 2 unspecified atom stereocenters. The van der Waals surface area contributed by atoms with Crippen molar-refractivity contribution in [1.29, 1.82) is 0 Å². The molecular weight excluding hydrogens is 1090 g/mol. The number of nitrogens with zero attached hydrogens (tertiary/aromatic N) is 2. The Balaban J connectivity index is 0.000000507. The molecule has 6 atom stereocenters. The Bertz CT molecular complexity index is 2150. The normalized spacial score (nSPS) is 29.6. The molecule has 0 aromatic heterocycles. The van der Waals surface area contributed by atoms with Crippen molar-refractivity contribution in [3.8, 4) is 0 Å². The van der Waals surface area contributed by atoms with E-state index in [-0.39, 0.29) is 118 Å². The molecule has 4 saturated carbocycles. The number of carboxylic acids is 1. The van der Waals surface area contributed by atoms with Gasteiger partial charge >= 0.3 is 54.9 Å². The van der Waals surface area contributed by atoms with Gasteiger partial charge in [0.2, 0.25) is 20.0 Å². The van der Waals surface area contributed by atoms with Gasteiger partial charge < -0.3 is 28.5 Å². The van der Waals surface area contributed by atoms with Crippen LogP contribution in [0.1, 0.15) is 118 Å². The number of aromatic carboxylic acids is 1. The maximum absolute atomic E-state index is 13.1. The molecule has 2 aromatic carbocycles. The van der Waals surface area contributed by atoms with E-state index in [0.717, 1.165) is 24.8 Å². The van der Waals surface area contributed by atoms with Gasteiger partial charge in [-0.15, -0.1) is 0 Å². The van der Waals surface area contributed by atoms with Crippen LogP contribution in [-0.4, -0.2) is 156 Å². The Morgan fingerprint density at radius 3 is 1.50 bits per heavy atom. The number of fused-ring (bicyclic) bond motifs is 4. The van der Waals surface area contributed by atoms with E-state index in [1.165, 1.54) is 52.5 Å². The van der Waals surface area contributed by atoms with E-state index in [1.54, 1.807) is 12.1 Å². The fourth-order valence-corrected chi connectivity index (χ4v) is 15.5. The second-order valence-electron chi connectivity index (χ2n) is 18.8. The summed E-state index contributed by atoms with van der Waals surface area (Å²) in [6.07, 6.45) is 7.64. The summed E-state index contributed by atoms with van der Waals surface area (Å²) < 4.78 is 65.0. The summed E-state index contributed by atoms with van der Waals surface area (Å²) in [4.78, 5) is 24.1. The van der Waals surface area contributed by atoms with Crippen molar-refractivity contribution in [2.24, 2.45) is 39.2 Å². The van der Waals surface area contributed by atoms with Crippen LogP contribution >= 0.6 is 31.9 Å². The molecule has 2 saturated heterocycles. The SMILES string of the molecule is C.C.CC1(C)C(N)[C@@]2(C)CC[C@@H]1C2.CC1(C)C(NC(=O)c2ccc(Br)c(S(=O)(=O)N3CCOCC3)c2)[C@@]2(C)CC[C@@H]1C2.O=C(O)c1ccc(Br)c(S(=O)(=O)N2CCOCC2)c1.[Ba+2].[H-].[H-]. The Labute approximate surface area is 431 Å². The molecule has 18 heteroatoms. The van der Waals surface area contributed by atoms with Crippen molar-refractivity contribution < 1.29 is 43.9 Å². The van der Waals surface area contributed by atoms with Crippen LogP contribution in [0.4, 0.5) is 0 Å². The molecule has 6 fully saturated rings. The van der Waals surface area contributed by atoms with E-state index in [0.29, 0.717) is 76.8 Å². The Morgan fingerprint density at radius 1 is 0.726 bits per heavy atom. The molecule has 6 aliphatic rings. The maximum atomic E-state index is 13.1. The van der Waals surface area contributed by atoms with E-state index in [9.17, 15) is 26.4 Å². The van der Waals surface area contributed by atoms with Crippen molar-refractivity contribution in [2.45, 2.75) is 117 Å². The molecule has 4 aliphatic carbocycles. The number of carbonyl (C=O) groups is 2. The smallest absolute Gasteiger partial charge is 1.00 e. The number of nitrogens with one attached hydrogen (secondary N) is 1. The number of benzene rings is 2. The number of rotatable bonds is 7. The predicted molar refractivity (Wildman–Crippen MR) is 254 cm³/mol. The molecule has 8 rings (SSSR count). The fraction of sp³-hybridized carbons (Fsp3) is 0.682. The predicted octanol–water partition coefficient (Wildman–Crippen LogP) is 7.86. The standard InChI is InChI=1S/C21H29BrN2O4S.C11H12BrNO5S.C10H19N.2CH4.Ba.2H/c1-20(2)15-6-7-21(3,13-15)19(20)23-18(25)14-4-5-16(22)17(12-14)29(26,27)24-8-10-28-11-9-24;12-9-2-1-8(11(14)15)7-10(9)19(16,17)13-3-5-18-6-4-13;1-9(2)7-4-5-10(3,6-7)8(9)11;;;;;/h4-5,12,15,19H,6-11,13H2,1-3H3,(H,23,25);1-2,7H,3-6H2,(H,14,15);7-8H,4-6,11H2,1-3H3;2*1H4;;;/q;;;;;+2;2*-1/t15-,19?,21+;;7-,8?,10+;;;;;/m1.1...../s1. The minimum absolute atomic E-state index is 0. The van der Waals surface area contributed by atoms with Crippen LogP contribution in [0.2, 0.25) is 0 Å². The number of carboxylic acid groups (broad SMARTS) is 1. The van der Waals surface area contributed by atoms with Gasteiger partial charge in [0, 0.05) is 52.8 Å². The third kappa shape index (κ3) is 11.1. The Kier molecular flexibility index (Phi) is 19.2. The number of hydrogen-bond acceptors (Lipinski definition) is 9. The number of hydrogen-bond donors (Lipinski definition) is 3. The number of amides is 1. The van der Waals surface area contributed by atoms with Gasteiger partial charge in [-0.05, 0) is 140 Å². The maximum Gasteiger partial charge on any atom is 2.00 e. The summed E-state index contributed by atoms with van der Waals surface area (Å²) in [5, 5.41) is 12.2. The van der Waals surface area contributed by atoms with Gasteiger partial charge in [0.15, 0.2) is 0 Å². The van der Waals surface area contributed by atoms with Gasteiger partial charge in [-0.3, -0.25) is 4.79 Å². The van der Waals surface area contributed by atoms with Gasteiger partial charge in [-0.2, -0.15) is 8.61 Å². The minimum Gasteiger partial charge on any atom is -1.00 e. The molecule has 348 valence electrons. The third-order valence-corrected chi connectivity index (χ3v) is 20.3. The molecule has 1 amide bonds. The molecular formula is C44H70BaBr2N4O9S2. The first-order valence-corrected chi connectivity index (χ1v) is 25.0. The van der Waals surface area contributed by atoms with Crippen molar-refractivity contribution in [3.63, 3.8) is 0 Å². The first-order valence-electron chi connectivity index (χ1n) is 20.5. The van der Waals surface area contributed by atoms with Crippen LogP contribution in [0.25, 0.3) is 0 Å². The van der Waals surface area contributed by atoms with Gasteiger partial charge in [0.1, 0.15) is 0 Å². The number of sulfonamides is 2. The summed E-state index contributed by atoms with van der Waals surface area (Å²) in [6.45, 7) is 16.4. The second-order valence-corrected chi connectivity index (χ2v) is 24.4. The molecule has 62 heavy (non-hydrogen) atoms. The van der Waals surface area contributed by atoms with Crippen LogP contribution in [0.15, 0.2) is 55.1 Å². The number of morpholine rings is 2. The zero-order chi connectivity index (χ0) is 43.3. The number of carbonyl (C=O) groups excluding carboxylic acids is 1. The van der Waals surface area contributed by atoms with Crippen LogP contribution in [0.3, 0.4) is 0 Å². The average molecular weight is 1160 g/mol. The number of halogens is 2. The molecule has 13 nitrogen and oxygen atoms in total. The van der Waals surface area contributed by atoms with Crippen LogP contribution in [-0.2, 0) is 29.5 Å². The van der Waals surface area contributed by atoms with Crippen LogP contribution in [0.5, 0.6) is 0 Å². The van der Waals surface area contributed by atoms with E-state index in [2.05, 4.69) is 78.7 Å². The van der Waals surface area contributed by atoms with Crippen molar-refractivity contribution in [2.75, 3.05) is 52.6 Å². The van der Waals surface area contributed by atoms with Crippen molar-refractivity contribution in [3.05, 3.63) is 56.5 Å². The third-order valence-electron chi connectivity index (χ3n) is 14.5. The van der Waals surface area contributed by atoms with Gasteiger partial charge in [0.05, 0.1) is 41.8 Å². The first kappa shape index (κ1) is 55.9. The Morgan fingerprint density at radius 2 is 1.13 bits per heavy atom. The summed E-state index contributed by atoms with van der Waals surface area (Å²) in [7, 11) is -7.40. The number of nitrogens with two attached hydrogens (primary N) is 1. The Hall–Kier alpha value is -0.389. The zero-order valence-electron chi connectivity index (χ0n) is 37.6.